The largest absolute Gasteiger partial charge is 0.478 e. The Morgan fingerprint density at radius 2 is 1.67 bits per heavy atom. The molecule has 0 radical (unpaired) electrons. The van der Waals surface area contributed by atoms with Crippen molar-refractivity contribution in [3.63, 3.8) is 0 Å². The predicted molar refractivity (Wildman–Crippen MR) is 124 cm³/mol. The van der Waals surface area contributed by atoms with E-state index >= 15 is 0 Å². The molecular weight excluding hydrogens is 420 g/mol. The highest BCUT2D eigenvalue weighted by molar-refractivity contribution is 5.88. The molecule has 1 heterocycles. The average molecular weight is 449 g/mol. The van der Waals surface area contributed by atoms with Crippen molar-refractivity contribution in [3.8, 4) is 11.1 Å². The van der Waals surface area contributed by atoms with Gasteiger partial charge in [-0.3, -0.25) is 4.79 Å². The van der Waals surface area contributed by atoms with E-state index in [1.165, 1.54) is 0 Å². The summed E-state index contributed by atoms with van der Waals surface area (Å²) in [6.07, 6.45) is 1.33. The number of carbonyl (C=O) groups excluding carboxylic acids is 2. The van der Waals surface area contributed by atoms with E-state index in [0.29, 0.717) is 18.5 Å². The number of nitrogens with one attached hydrogen (secondary N) is 1. The van der Waals surface area contributed by atoms with Crippen LogP contribution in [-0.2, 0) is 14.3 Å². The molecule has 7 nitrogen and oxygen atoms in total. The zero-order chi connectivity index (χ0) is 23.5. The maximum Gasteiger partial charge on any atom is 0.407 e. The number of aliphatic carboxylic acids is 1. The Kier molecular flexibility index (Phi) is 6.49. The molecule has 0 bridgehead atoms. The first-order valence-corrected chi connectivity index (χ1v) is 11.2. The Balaban J connectivity index is 1.33. The highest BCUT2D eigenvalue weighted by atomic mass is 16.5. The van der Waals surface area contributed by atoms with E-state index in [9.17, 15) is 14.4 Å². The van der Waals surface area contributed by atoms with Crippen LogP contribution in [-0.4, -0.2) is 53.7 Å². The Morgan fingerprint density at radius 1 is 1.06 bits per heavy atom. The molecule has 1 aliphatic heterocycles. The second-order valence-corrected chi connectivity index (χ2v) is 8.62. The van der Waals surface area contributed by atoms with E-state index in [2.05, 4.69) is 29.6 Å². The average Bonchev–Trinajstić information content (AvgIpc) is 3.15. The van der Waals surface area contributed by atoms with Crippen LogP contribution in [0.4, 0.5) is 4.79 Å². The molecule has 172 valence electrons. The minimum atomic E-state index is -0.944. The van der Waals surface area contributed by atoms with Crippen molar-refractivity contribution in [1.82, 2.24) is 10.2 Å². The molecule has 0 saturated carbocycles. The van der Waals surface area contributed by atoms with Gasteiger partial charge in [-0.1, -0.05) is 61.5 Å². The van der Waals surface area contributed by atoms with Crippen LogP contribution in [0, 0.1) is 5.92 Å². The third-order valence-corrected chi connectivity index (χ3v) is 6.62. The number of carbonyl (C=O) groups is 3. The summed E-state index contributed by atoms with van der Waals surface area (Å²) in [5.41, 5.74) is 4.94. The number of alkyl carbamates (subject to hydrolysis) is 1. The van der Waals surface area contributed by atoms with Gasteiger partial charge >= 0.3 is 12.1 Å². The third-order valence-electron chi connectivity index (χ3n) is 6.62. The lowest BCUT2D eigenvalue weighted by Crippen LogP contribution is -2.47. The molecule has 2 unspecified atom stereocenters. The molecular formula is C26H28N2O5. The van der Waals surface area contributed by atoms with Gasteiger partial charge in [0, 0.05) is 30.6 Å². The molecule has 2 aliphatic rings. The SMILES string of the molecule is CC(NC(=O)OCC1c2ccccc2-c2ccccc21)C(C)C(=O)N1CC=C(C(=O)O)CC1. The summed E-state index contributed by atoms with van der Waals surface area (Å²) in [5.74, 6) is -1.56. The maximum absolute atomic E-state index is 12.8. The number of nitrogens with zero attached hydrogens (tertiary/aromatic N) is 1. The first kappa shape index (κ1) is 22.6. The molecule has 33 heavy (non-hydrogen) atoms. The molecule has 0 aromatic heterocycles. The number of hydrogen-bond acceptors (Lipinski definition) is 4. The van der Waals surface area contributed by atoms with Gasteiger partial charge < -0.3 is 20.1 Å². The van der Waals surface area contributed by atoms with Crippen molar-refractivity contribution in [1.29, 1.82) is 0 Å². The molecule has 2 N–H and O–H groups in total. The second kappa shape index (κ2) is 9.48. The Bertz CT molecular complexity index is 1060. The van der Waals surface area contributed by atoms with Crippen molar-refractivity contribution in [2.24, 2.45) is 5.92 Å². The monoisotopic (exact) mass is 448 g/mol. The number of fused-ring (bicyclic) bond motifs is 3. The van der Waals surface area contributed by atoms with Gasteiger partial charge in [-0.2, -0.15) is 0 Å². The number of ether oxygens (including phenoxy) is 1. The van der Waals surface area contributed by atoms with E-state index in [4.69, 9.17) is 9.84 Å². The summed E-state index contributed by atoms with van der Waals surface area (Å²) in [4.78, 5) is 38.0. The molecule has 2 aromatic carbocycles. The Labute approximate surface area is 193 Å². The standard InChI is InChI=1S/C26H28N2O5/c1-16(24(29)28-13-11-18(12-14-28)25(30)31)17(2)27-26(32)33-15-23-21-9-5-3-7-19(21)20-8-4-6-10-22(20)23/h3-11,16-17,23H,12-15H2,1-2H3,(H,27,32)(H,30,31). The van der Waals surface area contributed by atoms with Gasteiger partial charge in [0.2, 0.25) is 5.91 Å². The fraction of sp³-hybridized carbons (Fsp3) is 0.346. The highest BCUT2D eigenvalue weighted by Gasteiger charge is 2.31. The summed E-state index contributed by atoms with van der Waals surface area (Å²) in [6, 6.07) is 15.8. The Hall–Kier alpha value is -3.61. The lowest BCUT2D eigenvalue weighted by atomic mass is 9.98. The van der Waals surface area contributed by atoms with Crippen molar-refractivity contribution >= 4 is 18.0 Å². The first-order valence-electron chi connectivity index (χ1n) is 11.2. The molecule has 1 aliphatic carbocycles. The molecule has 2 atom stereocenters. The molecule has 0 spiro atoms. The van der Waals surface area contributed by atoms with Crippen LogP contribution < -0.4 is 5.32 Å². The normalized spacial score (nSPS) is 16.8. The fourth-order valence-corrected chi connectivity index (χ4v) is 4.52. The zero-order valence-electron chi connectivity index (χ0n) is 18.8. The summed E-state index contributed by atoms with van der Waals surface area (Å²) in [7, 11) is 0. The second-order valence-electron chi connectivity index (χ2n) is 8.62. The van der Waals surface area contributed by atoms with E-state index in [1.807, 2.05) is 24.3 Å². The smallest absolute Gasteiger partial charge is 0.407 e. The lowest BCUT2D eigenvalue weighted by molar-refractivity contribution is -0.137. The number of rotatable bonds is 6. The van der Waals surface area contributed by atoms with E-state index in [0.717, 1.165) is 22.3 Å². The summed E-state index contributed by atoms with van der Waals surface area (Å²) in [5, 5.41) is 11.8. The van der Waals surface area contributed by atoms with Crippen molar-refractivity contribution in [2.75, 3.05) is 19.7 Å². The van der Waals surface area contributed by atoms with Crippen LogP contribution in [0.15, 0.2) is 60.2 Å². The third kappa shape index (κ3) is 4.62. The molecule has 0 saturated heterocycles. The van der Waals surface area contributed by atoms with Crippen molar-refractivity contribution < 1.29 is 24.2 Å². The molecule has 2 aromatic rings. The van der Waals surface area contributed by atoms with Gasteiger partial charge in [0.1, 0.15) is 6.61 Å². The number of carboxylic acid groups (broad SMARTS) is 1. The summed E-state index contributed by atoms with van der Waals surface area (Å²) in [6.45, 7) is 4.37. The molecule has 0 fully saturated rings. The van der Waals surface area contributed by atoms with Gasteiger partial charge in [0.25, 0.3) is 0 Å². The van der Waals surface area contributed by atoms with Crippen molar-refractivity contribution in [3.05, 3.63) is 71.3 Å². The summed E-state index contributed by atoms with van der Waals surface area (Å²) >= 11 is 0. The zero-order valence-corrected chi connectivity index (χ0v) is 18.8. The van der Waals surface area contributed by atoms with E-state index in [-0.39, 0.29) is 25.0 Å². The van der Waals surface area contributed by atoms with Crippen LogP contribution in [0.2, 0.25) is 0 Å². The first-order chi connectivity index (χ1) is 15.9. The van der Waals surface area contributed by atoms with E-state index in [1.54, 1.807) is 24.8 Å². The minimum absolute atomic E-state index is 0.0268. The topological polar surface area (TPSA) is 95.9 Å². The van der Waals surface area contributed by atoms with Crippen LogP contribution in [0.25, 0.3) is 11.1 Å². The van der Waals surface area contributed by atoms with Crippen molar-refractivity contribution in [2.45, 2.75) is 32.2 Å². The fourth-order valence-electron chi connectivity index (χ4n) is 4.52. The van der Waals surface area contributed by atoms with E-state index < -0.39 is 24.0 Å². The number of benzene rings is 2. The minimum Gasteiger partial charge on any atom is -0.478 e. The van der Waals surface area contributed by atoms with Crippen LogP contribution in [0.3, 0.4) is 0 Å². The van der Waals surface area contributed by atoms with Gasteiger partial charge in [-0.05, 0) is 35.6 Å². The lowest BCUT2D eigenvalue weighted by Gasteiger charge is -2.30. The number of carboxylic acids is 1. The summed E-state index contributed by atoms with van der Waals surface area (Å²) < 4.78 is 5.58. The van der Waals surface area contributed by atoms with Crippen LogP contribution >= 0.6 is 0 Å². The molecule has 7 heteroatoms. The van der Waals surface area contributed by atoms with Gasteiger partial charge in [-0.15, -0.1) is 0 Å². The molecule has 4 rings (SSSR count). The predicted octanol–water partition coefficient (Wildman–Crippen LogP) is 3.79. The highest BCUT2D eigenvalue weighted by Crippen LogP contribution is 2.44. The van der Waals surface area contributed by atoms with Gasteiger partial charge in [0.05, 0.1) is 5.92 Å². The maximum atomic E-state index is 12.8. The molecule has 2 amide bonds. The number of hydrogen-bond donors (Lipinski definition) is 2. The number of amides is 2. The van der Waals surface area contributed by atoms with Gasteiger partial charge in [-0.25, -0.2) is 9.59 Å². The van der Waals surface area contributed by atoms with Crippen LogP contribution in [0.5, 0.6) is 0 Å². The Morgan fingerprint density at radius 3 is 2.21 bits per heavy atom. The van der Waals surface area contributed by atoms with Crippen LogP contribution in [0.1, 0.15) is 37.3 Å². The quantitative estimate of drug-likeness (QED) is 0.701. The van der Waals surface area contributed by atoms with Gasteiger partial charge in [0.15, 0.2) is 0 Å².